The summed E-state index contributed by atoms with van der Waals surface area (Å²) in [7, 11) is 2.13. The lowest BCUT2D eigenvalue weighted by Crippen LogP contribution is -2.41. The van der Waals surface area contributed by atoms with Gasteiger partial charge in [-0.1, -0.05) is 24.3 Å². The molecule has 2 aromatic carbocycles. The molecule has 2 N–H and O–H groups in total. The van der Waals surface area contributed by atoms with Crippen molar-refractivity contribution in [2.24, 2.45) is 5.92 Å². The number of β-amino-alcohol motifs (C(OH)–C–C–N with tert-alkyl or cyclic N) is 1. The Morgan fingerprint density at radius 1 is 1.14 bits per heavy atom. The first kappa shape index (κ1) is 20.9. The van der Waals surface area contributed by atoms with Crippen LogP contribution in [-0.4, -0.2) is 59.8 Å². The zero-order valence-electron chi connectivity index (χ0n) is 16.6. The number of piperidine rings is 1. The third-order valence-corrected chi connectivity index (χ3v) is 5.49. The summed E-state index contributed by atoms with van der Waals surface area (Å²) >= 11 is 0. The van der Waals surface area contributed by atoms with Crippen LogP contribution in [-0.2, 0) is 13.2 Å². The molecule has 0 aromatic heterocycles. The average molecular weight is 387 g/mol. The van der Waals surface area contributed by atoms with Gasteiger partial charge in [0, 0.05) is 31.7 Å². The molecule has 1 atom stereocenters. The molecule has 152 valence electrons. The van der Waals surface area contributed by atoms with E-state index in [-0.39, 0.29) is 19.0 Å². The maximum absolute atomic E-state index is 14.3. The Labute approximate surface area is 167 Å². The minimum absolute atomic E-state index is 0.0929. The fourth-order valence-electron chi connectivity index (χ4n) is 4.19. The molecule has 0 bridgehead atoms. The van der Waals surface area contributed by atoms with Gasteiger partial charge in [0.1, 0.15) is 5.82 Å². The van der Waals surface area contributed by atoms with Crippen LogP contribution in [0.3, 0.4) is 0 Å². The van der Waals surface area contributed by atoms with Gasteiger partial charge in [-0.2, -0.15) is 0 Å². The second-order valence-electron chi connectivity index (χ2n) is 7.90. The quantitative estimate of drug-likeness (QED) is 0.732. The lowest BCUT2D eigenvalue weighted by molar-refractivity contribution is 0.119. The van der Waals surface area contributed by atoms with Gasteiger partial charge in [0.15, 0.2) is 0 Å². The largest absolute Gasteiger partial charge is 0.395 e. The van der Waals surface area contributed by atoms with Crippen molar-refractivity contribution in [1.29, 1.82) is 0 Å². The van der Waals surface area contributed by atoms with Gasteiger partial charge in [0.05, 0.1) is 13.2 Å². The maximum atomic E-state index is 14.3. The lowest BCUT2D eigenvalue weighted by atomic mass is 9.97. The molecule has 1 heterocycles. The highest BCUT2D eigenvalue weighted by Crippen LogP contribution is 2.26. The van der Waals surface area contributed by atoms with Crippen molar-refractivity contribution in [3.8, 4) is 11.1 Å². The Bertz CT molecular complexity index is 766. The van der Waals surface area contributed by atoms with E-state index in [1.165, 1.54) is 18.9 Å². The second kappa shape index (κ2) is 10.1. The van der Waals surface area contributed by atoms with E-state index in [9.17, 15) is 9.50 Å². The molecule has 28 heavy (non-hydrogen) atoms. The summed E-state index contributed by atoms with van der Waals surface area (Å²) in [5, 5.41) is 18.5. The van der Waals surface area contributed by atoms with E-state index >= 15 is 0 Å². The Morgan fingerprint density at radius 2 is 2.00 bits per heavy atom. The average Bonchev–Trinajstić information content (AvgIpc) is 2.69. The summed E-state index contributed by atoms with van der Waals surface area (Å²) in [6, 6.07) is 12.7. The molecular weight excluding hydrogens is 355 g/mol. The third kappa shape index (κ3) is 5.61. The Morgan fingerprint density at radius 3 is 2.79 bits per heavy atom. The minimum atomic E-state index is -0.270. The van der Waals surface area contributed by atoms with Gasteiger partial charge < -0.3 is 20.0 Å². The molecule has 0 radical (unpaired) electrons. The van der Waals surface area contributed by atoms with Crippen LogP contribution in [0, 0.1) is 11.7 Å². The summed E-state index contributed by atoms with van der Waals surface area (Å²) < 4.78 is 14.3. The van der Waals surface area contributed by atoms with E-state index in [2.05, 4.69) is 22.9 Å². The van der Waals surface area contributed by atoms with E-state index in [0.717, 1.165) is 43.9 Å². The predicted octanol–water partition coefficient (Wildman–Crippen LogP) is 3.12. The summed E-state index contributed by atoms with van der Waals surface area (Å²) in [5.41, 5.74) is 3.23. The van der Waals surface area contributed by atoms with Crippen LogP contribution < -0.4 is 0 Å². The number of aliphatic hydroxyl groups is 2. The Balaban J connectivity index is 1.64. The van der Waals surface area contributed by atoms with E-state index in [1.807, 2.05) is 18.2 Å². The third-order valence-electron chi connectivity index (χ3n) is 5.49. The van der Waals surface area contributed by atoms with Crippen LogP contribution in [0.2, 0.25) is 0 Å². The van der Waals surface area contributed by atoms with E-state index in [1.54, 1.807) is 12.1 Å². The Hall–Kier alpha value is -1.79. The van der Waals surface area contributed by atoms with Crippen molar-refractivity contribution in [2.75, 3.05) is 39.8 Å². The Kier molecular flexibility index (Phi) is 7.57. The number of likely N-dealkylation sites (tertiary alicyclic amines) is 1. The number of rotatable bonds is 8. The van der Waals surface area contributed by atoms with Crippen LogP contribution in [0.25, 0.3) is 11.1 Å². The molecular formula is C23H31FN2O2. The maximum Gasteiger partial charge on any atom is 0.131 e. The first-order valence-corrected chi connectivity index (χ1v) is 10.1. The summed E-state index contributed by atoms with van der Waals surface area (Å²) in [4.78, 5) is 4.67. The normalized spacial score (nSPS) is 18.0. The first-order chi connectivity index (χ1) is 13.6. The van der Waals surface area contributed by atoms with Crippen molar-refractivity contribution in [2.45, 2.75) is 26.0 Å². The van der Waals surface area contributed by atoms with Crippen LogP contribution in [0.4, 0.5) is 4.39 Å². The van der Waals surface area contributed by atoms with Gasteiger partial charge in [-0.3, -0.25) is 0 Å². The highest BCUT2D eigenvalue weighted by Gasteiger charge is 2.20. The van der Waals surface area contributed by atoms with Gasteiger partial charge in [-0.05, 0) is 67.2 Å². The summed E-state index contributed by atoms with van der Waals surface area (Å²) in [5.74, 6) is 0.348. The summed E-state index contributed by atoms with van der Waals surface area (Å²) in [6.45, 7) is 4.85. The predicted molar refractivity (Wildman–Crippen MR) is 110 cm³/mol. The molecule has 4 nitrogen and oxygen atoms in total. The molecule has 3 rings (SSSR count). The number of hydrogen-bond acceptors (Lipinski definition) is 4. The van der Waals surface area contributed by atoms with Gasteiger partial charge in [0.25, 0.3) is 0 Å². The van der Waals surface area contributed by atoms with Gasteiger partial charge in [-0.15, -0.1) is 0 Å². The molecule has 5 heteroatoms. The standard InChI is InChI=1S/C23H31FN2O2/c1-25(15-20-5-3-9-26(16-20)10-11-27)14-18-4-2-6-21(12-18)22-13-19(17-28)7-8-23(22)24/h2,4,6-8,12-13,20,27-28H,3,5,9-11,14-17H2,1H3. The molecule has 0 amide bonds. The highest BCUT2D eigenvalue weighted by molar-refractivity contribution is 5.65. The van der Waals surface area contributed by atoms with Crippen molar-refractivity contribution in [3.05, 3.63) is 59.4 Å². The van der Waals surface area contributed by atoms with E-state index in [4.69, 9.17) is 5.11 Å². The van der Waals surface area contributed by atoms with Crippen molar-refractivity contribution < 1.29 is 14.6 Å². The molecule has 0 spiro atoms. The molecule has 1 aliphatic rings. The number of halogens is 1. The zero-order valence-corrected chi connectivity index (χ0v) is 16.6. The second-order valence-corrected chi connectivity index (χ2v) is 7.90. The topological polar surface area (TPSA) is 46.9 Å². The molecule has 1 unspecified atom stereocenters. The molecule has 0 saturated carbocycles. The van der Waals surface area contributed by atoms with Crippen LogP contribution in [0.1, 0.15) is 24.0 Å². The monoisotopic (exact) mass is 386 g/mol. The van der Waals surface area contributed by atoms with Crippen molar-refractivity contribution >= 4 is 0 Å². The van der Waals surface area contributed by atoms with Crippen LogP contribution >= 0.6 is 0 Å². The SMILES string of the molecule is CN(Cc1cccc(-c2cc(CO)ccc2F)c1)CC1CCCN(CCO)C1. The van der Waals surface area contributed by atoms with Gasteiger partial charge >= 0.3 is 0 Å². The number of aliphatic hydroxyl groups excluding tert-OH is 2. The number of hydrogen-bond donors (Lipinski definition) is 2. The fourth-order valence-corrected chi connectivity index (χ4v) is 4.19. The number of nitrogens with zero attached hydrogens (tertiary/aromatic N) is 2. The van der Waals surface area contributed by atoms with Crippen LogP contribution in [0.15, 0.2) is 42.5 Å². The molecule has 0 aliphatic carbocycles. The molecule has 1 saturated heterocycles. The van der Waals surface area contributed by atoms with Crippen molar-refractivity contribution in [1.82, 2.24) is 9.80 Å². The lowest BCUT2D eigenvalue weighted by Gasteiger charge is -2.34. The molecule has 2 aromatic rings. The first-order valence-electron chi connectivity index (χ1n) is 10.1. The highest BCUT2D eigenvalue weighted by atomic mass is 19.1. The van der Waals surface area contributed by atoms with Gasteiger partial charge in [-0.25, -0.2) is 4.39 Å². The fraction of sp³-hybridized carbons (Fsp3) is 0.478. The van der Waals surface area contributed by atoms with Gasteiger partial charge in [0.2, 0.25) is 0 Å². The smallest absolute Gasteiger partial charge is 0.131 e. The van der Waals surface area contributed by atoms with E-state index in [0.29, 0.717) is 17.0 Å². The van der Waals surface area contributed by atoms with E-state index < -0.39 is 0 Å². The minimum Gasteiger partial charge on any atom is -0.395 e. The van der Waals surface area contributed by atoms with Crippen LogP contribution in [0.5, 0.6) is 0 Å². The molecule has 1 aliphatic heterocycles. The summed E-state index contributed by atoms with van der Waals surface area (Å²) in [6.07, 6.45) is 2.42. The number of benzene rings is 2. The molecule has 1 fully saturated rings. The van der Waals surface area contributed by atoms with Crippen molar-refractivity contribution in [3.63, 3.8) is 0 Å². The zero-order chi connectivity index (χ0) is 19.9.